The van der Waals surface area contributed by atoms with Gasteiger partial charge in [0, 0.05) is 35.8 Å². The monoisotopic (exact) mass is 462 g/mol. The van der Waals surface area contributed by atoms with Gasteiger partial charge < -0.3 is 10.6 Å². The number of aromatic amines is 1. The summed E-state index contributed by atoms with van der Waals surface area (Å²) in [5.74, 6) is -0.384. The molecule has 1 aliphatic carbocycles. The molecule has 1 aromatic heterocycles. The van der Waals surface area contributed by atoms with Crippen molar-refractivity contribution in [2.24, 2.45) is 0 Å². The first-order valence-electron chi connectivity index (χ1n) is 10.4. The molecule has 1 aromatic carbocycles. The van der Waals surface area contributed by atoms with Crippen molar-refractivity contribution in [2.45, 2.75) is 62.0 Å². The number of carbonyl (C=O) groups excluding carboxylic acids is 2. The molecule has 2 aliphatic heterocycles. The predicted molar refractivity (Wildman–Crippen MR) is 112 cm³/mol. The first kappa shape index (κ1) is 20.9. The van der Waals surface area contributed by atoms with Crippen LogP contribution in [0, 0.1) is 5.82 Å². The summed E-state index contributed by atoms with van der Waals surface area (Å²) in [5.41, 5.74) is 0.161. The molecule has 0 radical (unpaired) electrons. The van der Waals surface area contributed by atoms with Gasteiger partial charge in [0.25, 0.3) is 5.91 Å². The molecule has 3 aliphatic rings. The number of hydrogen-bond donors (Lipinski definition) is 4. The molecule has 2 aromatic rings. The first-order valence-corrected chi connectivity index (χ1v) is 11.8. The Balaban J connectivity index is 1.30. The lowest BCUT2D eigenvalue weighted by Crippen LogP contribution is -2.42. The average Bonchev–Trinajstić information content (AvgIpc) is 3.46. The van der Waals surface area contributed by atoms with Crippen molar-refractivity contribution in [3.8, 4) is 0 Å². The summed E-state index contributed by atoms with van der Waals surface area (Å²) >= 11 is 0. The Hall–Kier alpha value is -2.99. The maximum atomic E-state index is 14.8. The van der Waals surface area contributed by atoms with E-state index in [1.165, 1.54) is 17.0 Å². The van der Waals surface area contributed by atoms with Crippen molar-refractivity contribution >= 4 is 33.5 Å². The molecule has 170 valence electrons. The van der Waals surface area contributed by atoms with Gasteiger partial charge in [0.05, 0.1) is 10.6 Å². The second-order valence-corrected chi connectivity index (χ2v) is 10.7. The van der Waals surface area contributed by atoms with Crippen LogP contribution in [0.4, 0.5) is 20.7 Å². The number of carbonyl (C=O) groups is 2. The number of sulfonamides is 1. The molecule has 1 saturated heterocycles. The van der Waals surface area contributed by atoms with Crippen LogP contribution in [0.5, 0.6) is 0 Å². The molecule has 5 rings (SSSR count). The van der Waals surface area contributed by atoms with Crippen LogP contribution in [-0.4, -0.2) is 47.0 Å². The standard InChI is InChI=1S/C20H23FN6O4S/c1-20(2)18(28)27(19(29)24-20)11-4-3-10(7-11)14-8-16(26-25-14)23-13-5-6-15-12(17(13)21)9-22-32(15,30)31/h5-6,8,10-11,22H,3-4,7,9H2,1-2H3,(H,24,29)(H2,23,25,26)/t10-,11+/m1/s1. The van der Waals surface area contributed by atoms with Crippen molar-refractivity contribution in [1.82, 2.24) is 25.1 Å². The molecule has 10 nitrogen and oxygen atoms in total. The fourth-order valence-electron chi connectivity index (χ4n) is 4.69. The van der Waals surface area contributed by atoms with Gasteiger partial charge in [-0.05, 0) is 45.2 Å². The molecule has 0 bridgehead atoms. The second kappa shape index (κ2) is 7.01. The minimum Gasteiger partial charge on any atom is -0.336 e. The number of anilines is 2. The number of imide groups is 1. The molecule has 2 fully saturated rings. The van der Waals surface area contributed by atoms with Crippen molar-refractivity contribution in [3.05, 3.63) is 35.3 Å². The minimum absolute atomic E-state index is 0.0519. The topological polar surface area (TPSA) is 136 Å². The maximum Gasteiger partial charge on any atom is 0.325 e. The van der Waals surface area contributed by atoms with E-state index < -0.39 is 21.4 Å². The fourth-order valence-corrected chi connectivity index (χ4v) is 5.91. The summed E-state index contributed by atoms with van der Waals surface area (Å²) in [5, 5.41) is 12.8. The largest absolute Gasteiger partial charge is 0.336 e. The van der Waals surface area contributed by atoms with Crippen LogP contribution in [0.15, 0.2) is 23.1 Å². The lowest BCUT2D eigenvalue weighted by Gasteiger charge is -2.22. The van der Waals surface area contributed by atoms with Crippen LogP contribution < -0.4 is 15.4 Å². The molecule has 3 amide bonds. The van der Waals surface area contributed by atoms with Crippen LogP contribution in [0.2, 0.25) is 0 Å². The number of urea groups is 1. The Morgan fingerprint density at radius 3 is 2.75 bits per heavy atom. The molecule has 3 heterocycles. The van der Waals surface area contributed by atoms with E-state index in [1.807, 2.05) is 0 Å². The number of hydrogen-bond acceptors (Lipinski definition) is 6. The number of rotatable bonds is 4. The summed E-state index contributed by atoms with van der Waals surface area (Å²) in [6, 6.07) is 3.96. The number of H-pyrrole nitrogens is 1. The smallest absolute Gasteiger partial charge is 0.325 e. The van der Waals surface area contributed by atoms with Crippen molar-refractivity contribution < 1.29 is 22.4 Å². The highest BCUT2D eigenvalue weighted by molar-refractivity contribution is 7.89. The zero-order chi connectivity index (χ0) is 22.8. The molecule has 0 unspecified atom stereocenters. The van der Waals surface area contributed by atoms with Gasteiger partial charge in [-0.15, -0.1) is 0 Å². The van der Waals surface area contributed by atoms with E-state index in [0.717, 1.165) is 12.1 Å². The lowest BCUT2D eigenvalue weighted by molar-refractivity contribution is -0.131. The zero-order valence-corrected chi connectivity index (χ0v) is 18.3. The Morgan fingerprint density at radius 1 is 1.25 bits per heavy atom. The molecular weight excluding hydrogens is 439 g/mol. The van der Waals surface area contributed by atoms with E-state index in [1.54, 1.807) is 19.9 Å². The van der Waals surface area contributed by atoms with Crippen LogP contribution in [-0.2, 0) is 21.4 Å². The number of amides is 3. The Bertz CT molecular complexity index is 1240. The Morgan fingerprint density at radius 2 is 2.03 bits per heavy atom. The average molecular weight is 463 g/mol. The molecule has 32 heavy (non-hydrogen) atoms. The number of halogens is 1. The first-order chi connectivity index (χ1) is 15.1. The van der Waals surface area contributed by atoms with E-state index in [0.29, 0.717) is 18.7 Å². The van der Waals surface area contributed by atoms with E-state index in [4.69, 9.17) is 0 Å². The molecular formula is C20H23FN6O4S. The Kier molecular flexibility index (Phi) is 4.57. The quantitative estimate of drug-likeness (QED) is 0.514. The Labute approximate surface area is 184 Å². The van der Waals surface area contributed by atoms with Crippen molar-refractivity contribution in [2.75, 3.05) is 5.32 Å². The normalized spacial score (nSPS) is 25.8. The van der Waals surface area contributed by atoms with Gasteiger partial charge in [0.15, 0.2) is 11.6 Å². The van der Waals surface area contributed by atoms with Gasteiger partial charge >= 0.3 is 6.03 Å². The van der Waals surface area contributed by atoms with Gasteiger partial charge in [-0.1, -0.05) is 0 Å². The van der Waals surface area contributed by atoms with Gasteiger partial charge in [-0.2, -0.15) is 5.10 Å². The molecule has 0 spiro atoms. The van der Waals surface area contributed by atoms with E-state index >= 15 is 0 Å². The molecule has 2 atom stereocenters. The third kappa shape index (κ3) is 3.25. The van der Waals surface area contributed by atoms with Gasteiger partial charge in [-0.25, -0.2) is 22.3 Å². The highest BCUT2D eigenvalue weighted by atomic mass is 32.2. The van der Waals surface area contributed by atoms with E-state index in [9.17, 15) is 22.4 Å². The zero-order valence-electron chi connectivity index (χ0n) is 17.5. The van der Waals surface area contributed by atoms with Crippen LogP contribution in [0.1, 0.15) is 50.3 Å². The fraction of sp³-hybridized carbons (Fsp3) is 0.450. The minimum atomic E-state index is -3.65. The summed E-state index contributed by atoms with van der Waals surface area (Å²) in [4.78, 5) is 26.1. The second-order valence-electron chi connectivity index (χ2n) is 8.96. The highest BCUT2D eigenvalue weighted by Crippen LogP contribution is 2.39. The summed E-state index contributed by atoms with van der Waals surface area (Å²) in [6.07, 6.45) is 2.09. The van der Waals surface area contributed by atoms with Crippen molar-refractivity contribution in [1.29, 1.82) is 0 Å². The number of nitrogens with one attached hydrogen (secondary N) is 4. The molecule has 12 heteroatoms. The van der Waals surface area contributed by atoms with Gasteiger partial charge in [0.1, 0.15) is 5.54 Å². The van der Waals surface area contributed by atoms with E-state index in [-0.39, 0.29) is 46.6 Å². The summed E-state index contributed by atoms with van der Waals surface area (Å²) in [7, 11) is -3.65. The van der Waals surface area contributed by atoms with Crippen LogP contribution in [0.25, 0.3) is 0 Å². The maximum absolute atomic E-state index is 14.8. The lowest BCUT2D eigenvalue weighted by atomic mass is 10.0. The molecule has 1 saturated carbocycles. The number of aromatic nitrogens is 2. The van der Waals surface area contributed by atoms with E-state index in [2.05, 4.69) is 25.6 Å². The third-order valence-electron chi connectivity index (χ3n) is 6.39. The number of fused-ring (bicyclic) bond motifs is 1. The van der Waals surface area contributed by atoms with Crippen molar-refractivity contribution in [3.63, 3.8) is 0 Å². The van der Waals surface area contributed by atoms with Crippen LogP contribution in [0.3, 0.4) is 0 Å². The third-order valence-corrected chi connectivity index (χ3v) is 7.88. The van der Waals surface area contributed by atoms with Gasteiger partial charge in [0.2, 0.25) is 10.0 Å². The van der Waals surface area contributed by atoms with Gasteiger partial charge in [-0.3, -0.25) is 14.8 Å². The van der Waals surface area contributed by atoms with Crippen LogP contribution >= 0.6 is 0 Å². The summed E-state index contributed by atoms with van der Waals surface area (Å²) in [6.45, 7) is 3.29. The highest BCUT2D eigenvalue weighted by Gasteiger charge is 2.48. The SMILES string of the molecule is CC1(C)NC(=O)N([C@H]2CC[C@@H](c3cc(Nc4ccc5c(c4F)CNS5(=O)=O)n[nH]3)C2)C1=O. The number of benzene rings is 1. The molecule has 4 N–H and O–H groups in total. The summed E-state index contributed by atoms with van der Waals surface area (Å²) < 4.78 is 40.8. The number of nitrogens with zero attached hydrogens (tertiary/aromatic N) is 2. The predicted octanol–water partition coefficient (Wildman–Crippen LogP) is 2.05.